The zero-order valence-corrected chi connectivity index (χ0v) is 4.75. The van der Waals surface area contributed by atoms with E-state index in [4.69, 9.17) is 0 Å². The monoisotopic (exact) mass is 123 g/mol. The first-order chi connectivity index (χ1) is 3.12. The lowest BCUT2D eigenvalue weighted by molar-refractivity contribution is 0.582. The molecule has 0 aromatic heterocycles. The predicted octanol–water partition coefficient (Wildman–Crippen LogP) is -1.17. The molecule has 0 saturated carbocycles. The van der Waals surface area contributed by atoms with Crippen LogP contribution < -0.4 is 9.44 Å². The molecule has 0 aromatic rings. The van der Waals surface area contributed by atoms with Crippen LogP contribution in [0.2, 0.25) is 0 Å². The molecule has 0 unspecified atom stereocenters. The van der Waals surface area contributed by atoms with Crippen molar-refractivity contribution in [2.24, 2.45) is 0 Å². The third-order valence-electron chi connectivity index (χ3n) is 0.459. The Kier molecular flexibility index (Phi) is 2.21. The van der Waals surface area contributed by atoms with Crippen molar-refractivity contribution in [1.29, 1.82) is 0 Å². The van der Waals surface area contributed by atoms with Gasteiger partial charge < -0.3 is 0 Å². The minimum absolute atomic E-state index is 1.30. The third-order valence-corrected chi connectivity index (χ3v) is 1.38. The Balaban J connectivity index is 3.89. The summed E-state index contributed by atoms with van der Waals surface area (Å²) >= 11 is 0. The molecule has 5 heteroatoms. The van der Waals surface area contributed by atoms with Crippen LogP contribution >= 0.6 is 0 Å². The summed E-state index contributed by atoms with van der Waals surface area (Å²) in [5.41, 5.74) is 0. The second-order valence-corrected chi connectivity index (χ2v) is 2.56. The van der Waals surface area contributed by atoms with E-state index in [1.807, 2.05) is 4.72 Å². The van der Waals surface area contributed by atoms with Crippen LogP contribution in [0, 0.1) is 7.05 Å². The lowest BCUT2D eigenvalue weighted by Crippen LogP contribution is -2.29. The molecule has 0 atom stereocenters. The van der Waals surface area contributed by atoms with E-state index >= 15 is 0 Å². The highest BCUT2D eigenvalue weighted by Gasteiger charge is 1.96. The SMILES string of the molecule is [CH2]NS(=O)(=O)NC. The van der Waals surface area contributed by atoms with E-state index in [0.717, 1.165) is 0 Å². The van der Waals surface area contributed by atoms with Gasteiger partial charge in [-0.1, -0.05) is 0 Å². The maximum atomic E-state index is 10.1. The first-order valence-corrected chi connectivity index (χ1v) is 3.08. The van der Waals surface area contributed by atoms with Crippen LogP contribution in [-0.2, 0) is 10.2 Å². The van der Waals surface area contributed by atoms with Gasteiger partial charge in [0.05, 0.1) is 0 Å². The molecule has 0 rings (SSSR count). The van der Waals surface area contributed by atoms with Gasteiger partial charge in [0.1, 0.15) is 0 Å². The lowest BCUT2D eigenvalue weighted by atomic mass is 11.6. The molecule has 0 aliphatic carbocycles. The van der Waals surface area contributed by atoms with E-state index in [0.29, 0.717) is 0 Å². The van der Waals surface area contributed by atoms with Crippen LogP contribution in [0.1, 0.15) is 0 Å². The van der Waals surface area contributed by atoms with Crippen molar-refractivity contribution in [3.05, 3.63) is 7.05 Å². The highest BCUT2D eigenvalue weighted by molar-refractivity contribution is 7.87. The first-order valence-electron chi connectivity index (χ1n) is 1.60. The third kappa shape index (κ3) is 2.55. The van der Waals surface area contributed by atoms with Crippen LogP contribution in [0.25, 0.3) is 0 Å². The van der Waals surface area contributed by atoms with Crippen molar-refractivity contribution in [2.75, 3.05) is 7.05 Å². The molecule has 0 fully saturated rings. The quantitative estimate of drug-likeness (QED) is 0.486. The fraction of sp³-hybridized carbons (Fsp3) is 0.500. The van der Waals surface area contributed by atoms with E-state index < -0.39 is 10.2 Å². The highest BCUT2D eigenvalue weighted by atomic mass is 32.2. The van der Waals surface area contributed by atoms with Crippen LogP contribution in [0.3, 0.4) is 0 Å². The summed E-state index contributed by atoms with van der Waals surface area (Å²) in [6.45, 7) is 0. The van der Waals surface area contributed by atoms with E-state index in [-0.39, 0.29) is 0 Å². The molecule has 0 aromatic carbocycles. The number of rotatable bonds is 2. The summed E-state index contributed by atoms with van der Waals surface area (Å²) in [7, 11) is 0.958. The lowest BCUT2D eigenvalue weighted by Gasteiger charge is -1.94. The van der Waals surface area contributed by atoms with Gasteiger partial charge in [-0.3, -0.25) is 0 Å². The Morgan fingerprint density at radius 2 is 2.00 bits per heavy atom. The van der Waals surface area contributed by atoms with E-state index in [1.165, 1.54) is 7.05 Å². The topological polar surface area (TPSA) is 58.2 Å². The van der Waals surface area contributed by atoms with Gasteiger partial charge in [0.25, 0.3) is 10.2 Å². The molecule has 0 heterocycles. The summed E-state index contributed by atoms with van der Waals surface area (Å²) in [4.78, 5) is 0. The maximum absolute atomic E-state index is 10.1. The van der Waals surface area contributed by atoms with Gasteiger partial charge in [0.2, 0.25) is 0 Å². The smallest absolute Gasteiger partial charge is 0.205 e. The molecule has 7 heavy (non-hydrogen) atoms. The second kappa shape index (κ2) is 2.25. The Morgan fingerprint density at radius 3 is 2.00 bits per heavy atom. The fourth-order valence-electron chi connectivity index (χ4n) is 0.0722. The standard InChI is InChI=1S/C2H7N2O2S/c1-3-7(5,6)4-2/h3-4H,1H2,2H3. The molecule has 1 radical (unpaired) electrons. The Hall–Kier alpha value is -0.130. The van der Waals surface area contributed by atoms with Gasteiger partial charge in [-0.15, -0.1) is 0 Å². The zero-order valence-electron chi connectivity index (χ0n) is 3.93. The van der Waals surface area contributed by atoms with Crippen LogP contribution in [-0.4, -0.2) is 15.5 Å². The average Bonchev–Trinajstić information content (AvgIpc) is 1.68. The second-order valence-electron chi connectivity index (χ2n) is 0.852. The zero-order chi connectivity index (χ0) is 5.91. The predicted molar refractivity (Wildman–Crippen MR) is 26.5 cm³/mol. The van der Waals surface area contributed by atoms with Gasteiger partial charge in [0, 0.05) is 14.1 Å². The summed E-state index contributed by atoms with van der Waals surface area (Å²) in [6, 6.07) is 0. The average molecular weight is 123 g/mol. The van der Waals surface area contributed by atoms with Gasteiger partial charge in [0.15, 0.2) is 0 Å². The molecule has 2 N–H and O–H groups in total. The summed E-state index contributed by atoms with van der Waals surface area (Å²) < 4.78 is 24.0. The molecule has 0 spiro atoms. The van der Waals surface area contributed by atoms with E-state index in [1.54, 1.807) is 4.72 Å². The summed E-state index contributed by atoms with van der Waals surface area (Å²) in [6.07, 6.45) is 0. The first kappa shape index (κ1) is 6.87. The minimum Gasteiger partial charge on any atom is -0.205 e. The van der Waals surface area contributed by atoms with Crippen molar-refractivity contribution < 1.29 is 8.42 Å². The summed E-state index contributed by atoms with van der Waals surface area (Å²) in [5, 5.41) is 0. The molecule has 0 aliphatic heterocycles. The fourth-order valence-corrected chi connectivity index (χ4v) is 0.217. The maximum Gasteiger partial charge on any atom is 0.276 e. The van der Waals surface area contributed by atoms with Crippen molar-refractivity contribution in [1.82, 2.24) is 9.44 Å². The molecule has 43 valence electrons. The molecule has 4 nitrogen and oxygen atoms in total. The molecule has 0 saturated heterocycles. The number of nitrogens with one attached hydrogen (secondary N) is 2. The van der Waals surface area contributed by atoms with Gasteiger partial charge in [-0.25, -0.2) is 9.44 Å². The highest BCUT2D eigenvalue weighted by Crippen LogP contribution is 1.64. The summed E-state index contributed by atoms with van der Waals surface area (Å²) in [5.74, 6) is 0. The molecule has 0 amide bonds. The number of hydrogen-bond acceptors (Lipinski definition) is 2. The van der Waals surface area contributed by atoms with Gasteiger partial charge >= 0.3 is 0 Å². The van der Waals surface area contributed by atoms with E-state index in [9.17, 15) is 8.42 Å². The van der Waals surface area contributed by atoms with Gasteiger partial charge in [-0.2, -0.15) is 8.42 Å². The Morgan fingerprint density at radius 1 is 1.57 bits per heavy atom. The van der Waals surface area contributed by atoms with Crippen LogP contribution in [0.5, 0.6) is 0 Å². The van der Waals surface area contributed by atoms with Crippen LogP contribution in [0.15, 0.2) is 0 Å². The molecular weight excluding hydrogens is 116 g/mol. The minimum atomic E-state index is -3.27. The van der Waals surface area contributed by atoms with Gasteiger partial charge in [-0.05, 0) is 0 Å². The largest absolute Gasteiger partial charge is 0.276 e. The van der Waals surface area contributed by atoms with Crippen LogP contribution in [0.4, 0.5) is 0 Å². The molecule has 0 bridgehead atoms. The Bertz CT molecular complexity index is 117. The number of hydrogen-bond donors (Lipinski definition) is 2. The van der Waals surface area contributed by atoms with Crippen molar-refractivity contribution in [3.8, 4) is 0 Å². The van der Waals surface area contributed by atoms with Crippen molar-refractivity contribution >= 4 is 10.2 Å². The van der Waals surface area contributed by atoms with E-state index in [2.05, 4.69) is 7.05 Å². The normalized spacial score (nSPS) is 11.7. The Labute approximate surface area is 43.1 Å². The van der Waals surface area contributed by atoms with Crippen molar-refractivity contribution in [3.63, 3.8) is 0 Å². The molecular formula is C2H7N2O2S. The molecule has 0 aliphatic rings. The van der Waals surface area contributed by atoms with Crippen molar-refractivity contribution in [2.45, 2.75) is 0 Å².